The minimum absolute atomic E-state index is 0.275. The highest BCUT2D eigenvalue weighted by Crippen LogP contribution is 2.20. The molecule has 2 rings (SSSR count). The Hall–Kier alpha value is -1.93. The van der Waals surface area contributed by atoms with Crippen molar-refractivity contribution in [2.45, 2.75) is 52.5 Å². The summed E-state index contributed by atoms with van der Waals surface area (Å²) in [5, 5.41) is 0.462. The maximum atomic E-state index is 12.7. The highest BCUT2D eigenvalue weighted by Gasteiger charge is 2.19. The summed E-state index contributed by atoms with van der Waals surface area (Å²) in [5.74, 6) is 0.516. The Balaban J connectivity index is 2.37. The maximum Gasteiger partial charge on any atom is 0.280 e. The van der Waals surface area contributed by atoms with Crippen LogP contribution in [0.1, 0.15) is 40.4 Å². The zero-order valence-corrected chi connectivity index (χ0v) is 17.3. The number of amides is 1. The topological polar surface area (TPSA) is 67.2 Å². The molecule has 0 bridgehead atoms. The van der Waals surface area contributed by atoms with Crippen molar-refractivity contribution in [3.63, 3.8) is 0 Å². The normalized spacial score (nSPS) is 11.2. The molecule has 0 radical (unpaired) electrons. The van der Waals surface area contributed by atoms with E-state index in [2.05, 4.69) is 43.0 Å². The Bertz CT molecular complexity index is 869. The molecule has 1 heterocycles. The third-order valence-electron chi connectivity index (χ3n) is 3.76. The van der Waals surface area contributed by atoms with Crippen LogP contribution in [0.2, 0.25) is 0 Å². The van der Waals surface area contributed by atoms with Crippen LogP contribution in [0.5, 0.6) is 0 Å². The Morgan fingerprint density at radius 3 is 2.46 bits per heavy atom. The SMILES string of the molecule is CC(=O)Nn1c(CSC(=S)N(C(C)C)C(C)C)nc2ccccc2c1=O. The van der Waals surface area contributed by atoms with Gasteiger partial charge in [-0.05, 0) is 39.8 Å². The van der Waals surface area contributed by atoms with Crippen molar-refractivity contribution in [2.24, 2.45) is 0 Å². The number of para-hydroxylation sites is 1. The van der Waals surface area contributed by atoms with E-state index in [9.17, 15) is 9.59 Å². The van der Waals surface area contributed by atoms with Crippen LogP contribution in [-0.2, 0) is 10.5 Å². The second kappa shape index (κ2) is 8.64. The molecule has 0 spiro atoms. The lowest BCUT2D eigenvalue weighted by Gasteiger charge is -2.32. The van der Waals surface area contributed by atoms with Crippen LogP contribution in [0.15, 0.2) is 29.1 Å². The number of nitrogens with one attached hydrogen (secondary N) is 1. The van der Waals surface area contributed by atoms with Gasteiger partial charge in [0.2, 0.25) is 5.91 Å². The predicted molar refractivity (Wildman–Crippen MR) is 112 cm³/mol. The van der Waals surface area contributed by atoms with Gasteiger partial charge in [0.05, 0.1) is 16.7 Å². The number of carbonyl (C=O) groups excluding carboxylic acids is 1. The van der Waals surface area contributed by atoms with Crippen LogP contribution in [-0.4, -0.2) is 36.9 Å². The first-order valence-electron chi connectivity index (χ1n) is 8.45. The maximum absolute atomic E-state index is 12.7. The molecule has 0 saturated heterocycles. The lowest BCUT2D eigenvalue weighted by atomic mass is 10.2. The highest BCUT2D eigenvalue weighted by molar-refractivity contribution is 8.22. The number of rotatable bonds is 5. The Labute approximate surface area is 162 Å². The molecule has 0 fully saturated rings. The molecule has 0 aliphatic heterocycles. The summed E-state index contributed by atoms with van der Waals surface area (Å²) in [6.07, 6.45) is 0. The zero-order chi connectivity index (χ0) is 19.4. The average Bonchev–Trinajstić information content (AvgIpc) is 2.55. The Kier molecular flexibility index (Phi) is 6.77. The third kappa shape index (κ3) is 4.62. The number of hydrogen-bond acceptors (Lipinski definition) is 5. The quantitative estimate of drug-likeness (QED) is 0.789. The molecule has 1 amide bonds. The van der Waals surface area contributed by atoms with Crippen LogP contribution in [0.3, 0.4) is 0 Å². The van der Waals surface area contributed by atoms with Crippen molar-refractivity contribution in [3.8, 4) is 0 Å². The number of nitrogens with zero attached hydrogens (tertiary/aromatic N) is 3. The fourth-order valence-corrected chi connectivity index (χ4v) is 4.38. The first-order chi connectivity index (χ1) is 12.2. The van der Waals surface area contributed by atoms with E-state index < -0.39 is 0 Å². The molecule has 6 nitrogen and oxygen atoms in total. The Morgan fingerprint density at radius 2 is 1.88 bits per heavy atom. The molecule has 0 aliphatic carbocycles. The summed E-state index contributed by atoms with van der Waals surface area (Å²) in [5.41, 5.74) is 2.87. The molecule has 1 N–H and O–H groups in total. The van der Waals surface area contributed by atoms with Crippen LogP contribution >= 0.6 is 24.0 Å². The van der Waals surface area contributed by atoms with E-state index in [-0.39, 0.29) is 23.6 Å². The summed E-state index contributed by atoms with van der Waals surface area (Å²) in [7, 11) is 0. The lowest BCUT2D eigenvalue weighted by molar-refractivity contribution is -0.115. The number of carbonyl (C=O) groups is 1. The molecule has 140 valence electrons. The van der Waals surface area contributed by atoms with Crippen molar-refractivity contribution in [1.29, 1.82) is 0 Å². The fourth-order valence-electron chi connectivity index (χ4n) is 2.77. The number of fused-ring (bicyclic) bond motifs is 1. The van der Waals surface area contributed by atoms with Crippen molar-refractivity contribution < 1.29 is 4.79 Å². The number of benzene rings is 1. The van der Waals surface area contributed by atoms with Gasteiger partial charge >= 0.3 is 0 Å². The van der Waals surface area contributed by atoms with Gasteiger partial charge in [-0.2, -0.15) is 0 Å². The van der Waals surface area contributed by atoms with Gasteiger partial charge in [0.25, 0.3) is 5.56 Å². The van der Waals surface area contributed by atoms with E-state index in [1.165, 1.54) is 23.4 Å². The fraction of sp³-hybridized carbons (Fsp3) is 0.444. The van der Waals surface area contributed by atoms with Crippen LogP contribution in [0.4, 0.5) is 0 Å². The van der Waals surface area contributed by atoms with Gasteiger partial charge in [0.15, 0.2) is 0 Å². The molecule has 8 heteroatoms. The van der Waals surface area contributed by atoms with Crippen molar-refractivity contribution >= 4 is 45.1 Å². The molecular formula is C18H24N4O2S2. The second-order valence-corrected chi connectivity index (χ2v) is 8.11. The number of aromatic nitrogens is 2. The minimum Gasteiger partial charge on any atom is -0.353 e. The lowest BCUT2D eigenvalue weighted by Crippen LogP contribution is -2.40. The standard InChI is InChI=1S/C18H24N4O2S2/c1-11(2)21(12(3)4)18(25)26-10-16-19-15-9-7-6-8-14(15)17(24)22(16)20-13(5)23/h6-9,11-12H,10H2,1-5H3,(H,20,23). The van der Waals surface area contributed by atoms with Gasteiger partial charge in [-0.15, -0.1) is 0 Å². The van der Waals surface area contributed by atoms with E-state index in [0.29, 0.717) is 22.5 Å². The molecule has 26 heavy (non-hydrogen) atoms. The first-order valence-corrected chi connectivity index (χ1v) is 9.85. The second-order valence-electron chi connectivity index (χ2n) is 6.50. The first kappa shape index (κ1) is 20.4. The molecular weight excluding hydrogens is 368 g/mol. The minimum atomic E-state index is -0.330. The molecule has 2 aromatic rings. The Morgan fingerprint density at radius 1 is 1.27 bits per heavy atom. The molecule has 0 atom stereocenters. The van der Waals surface area contributed by atoms with E-state index in [1.807, 2.05) is 6.07 Å². The molecule has 1 aromatic carbocycles. The van der Waals surface area contributed by atoms with Crippen molar-refractivity contribution in [1.82, 2.24) is 14.6 Å². The van der Waals surface area contributed by atoms with Gasteiger partial charge in [0.1, 0.15) is 10.1 Å². The van der Waals surface area contributed by atoms with Crippen LogP contribution in [0.25, 0.3) is 10.9 Å². The van der Waals surface area contributed by atoms with Gasteiger partial charge in [0, 0.05) is 19.0 Å². The molecule has 0 unspecified atom stereocenters. The van der Waals surface area contributed by atoms with E-state index >= 15 is 0 Å². The number of thioether (sulfide) groups is 1. The molecule has 0 aliphatic rings. The van der Waals surface area contributed by atoms with Crippen LogP contribution < -0.4 is 11.0 Å². The zero-order valence-electron chi connectivity index (χ0n) is 15.6. The van der Waals surface area contributed by atoms with Gasteiger partial charge in [-0.1, -0.05) is 36.1 Å². The summed E-state index contributed by atoms with van der Waals surface area (Å²) in [4.78, 5) is 31.0. The summed E-state index contributed by atoms with van der Waals surface area (Å²) >= 11 is 7.01. The summed E-state index contributed by atoms with van der Waals surface area (Å²) < 4.78 is 1.96. The van der Waals surface area contributed by atoms with E-state index in [1.54, 1.807) is 18.2 Å². The predicted octanol–water partition coefficient (Wildman–Crippen LogP) is 3.12. The number of hydrogen-bond donors (Lipinski definition) is 1. The van der Waals surface area contributed by atoms with Gasteiger partial charge in [-0.25, -0.2) is 9.66 Å². The van der Waals surface area contributed by atoms with Gasteiger partial charge < -0.3 is 4.90 Å². The number of thiocarbonyl (C=S) groups is 1. The van der Waals surface area contributed by atoms with E-state index in [4.69, 9.17) is 12.2 Å². The molecule has 0 saturated carbocycles. The smallest absolute Gasteiger partial charge is 0.280 e. The highest BCUT2D eigenvalue weighted by atomic mass is 32.2. The largest absolute Gasteiger partial charge is 0.353 e. The van der Waals surface area contributed by atoms with Crippen molar-refractivity contribution in [3.05, 3.63) is 40.4 Å². The summed E-state index contributed by atoms with van der Waals surface area (Å²) in [6.45, 7) is 9.73. The average molecular weight is 393 g/mol. The monoisotopic (exact) mass is 392 g/mol. The van der Waals surface area contributed by atoms with E-state index in [0.717, 1.165) is 4.32 Å². The van der Waals surface area contributed by atoms with Crippen molar-refractivity contribution in [2.75, 3.05) is 5.43 Å². The third-order valence-corrected chi connectivity index (χ3v) is 5.19. The van der Waals surface area contributed by atoms with Gasteiger partial charge in [-0.3, -0.25) is 15.0 Å². The molecule has 1 aromatic heterocycles. The van der Waals surface area contributed by atoms with Crippen LogP contribution in [0, 0.1) is 0 Å². The summed E-state index contributed by atoms with van der Waals surface area (Å²) in [6, 6.07) is 7.64.